The fraction of sp³-hybridized carbons (Fsp3) is 0.333. The summed E-state index contributed by atoms with van der Waals surface area (Å²) in [6.07, 6.45) is 5.05. The van der Waals surface area contributed by atoms with E-state index >= 15 is 0 Å². The quantitative estimate of drug-likeness (QED) is 0.912. The predicted molar refractivity (Wildman–Crippen MR) is 76.6 cm³/mol. The first kappa shape index (κ1) is 13.8. The van der Waals surface area contributed by atoms with Crippen LogP contribution >= 0.6 is 0 Å². The van der Waals surface area contributed by atoms with Crippen molar-refractivity contribution in [3.8, 4) is 5.69 Å². The van der Waals surface area contributed by atoms with E-state index in [0.29, 0.717) is 24.3 Å². The van der Waals surface area contributed by atoms with Gasteiger partial charge in [0.15, 0.2) is 0 Å². The molecule has 2 N–H and O–H groups in total. The normalized spacial score (nSPS) is 18.8. The highest BCUT2D eigenvalue weighted by molar-refractivity contribution is 5.94. The number of likely N-dealkylation sites (tertiary alicyclic amines) is 1. The van der Waals surface area contributed by atoms with Crippen LogP contribution in [0.3, 0.4) is 0 Å². The van der Waals surface area contributed by atoms with Gasteiger partial charge in [-0.2, -0.15) is 5.10 Å². The van der Waals surface area contributed by atoms with E-state index in [1.807, 2.05) is 0 Å². The zero-order valence-corrected chi connectivity index (χ0v) is 11.6. The Balaban J connectivity index is 1.83. The van der Waals surface area contributed by atoms with Crippen LogP contribution in [0.5, 0.6) is 0 Å². The van der Waals surface area contributed by atoms with E-state index in [-0.39, 0.29) is 11.9 Å². The molecule has 0 radical (unpaired) electrons. The van der Waals surface area contributed by atoms with Gasteiger partial charge >= 0.3 is 0 Å². The van der Waals surface area contributed by atoms with Crippen LogP contribution in [0.25, 0.3) is 5.69 Å². The Morgan fingerprint density at radius 1 is 1.43 bits per heavy atom. The van der Waals surface area contributed by atoms with Crippen LogP contribution in [-0.2, 0) is 0 Å². The number of hydrogen-bond acceptors (Lipinski definition) is 3. The highest BCUT2D eigenvalue weighted by atomic mass is 19.1. The summed E-state index contributed by atoms with van der Waals surface area (Å²) < 4.78 is 15.6. The number of piperidine rings is 1. The number of nitrogens with zero attached hydrogens (tertiary/aromatic N) is 3. The molecule has 2 heterocycles. The predicted octanol–water partition coefficient (Wildman–Crippen LogP) is 1.57. The third kappa shape index (κ3) is 2.80. The number of carbonyl (C=O) groups excluding carboxylic acids is 1. The lowest BCUT2D eigenvalue weighted by Crippen LogP contribution is -2.45. The zero-order valence-electron chi connectivity index (χ0n) is 11.6. The highest BCUT2D eigenvalue weighted by Crippen LogP contribution is 2.17. The largest absolute Gasteiger partial charge is 0.337 e. The summed E-state index contributed by atoms with van der Waals surface area (Å²) in [6, 6.07) is 6.19. The lowest BCUT2D eigenvalue weighted by molar-refractivity contribution is 0.0708. The van der Waals surface area contributed by atoms with Crippen LogP contribution in [-0.4, -0.2) is 39.7 Å². The fourth-order valence-corrected chi connectivity index (χ4v) is 2.61. The molecule has 110 valence electrons. The molecule has 3 rings (SSSR count). The second kappa shape index (κ2) is 5.65. The Hall–Kier alpha value is -2.21. The second-order valence-corrected chi connectivity index (χ2v) is 5.27. The van der Waals surface area contributed by atoms with E-state index in [4.69, 9.17) is 5.73 Å². The summed E-state index contributed by atoms with van der Waals surface area (Å²) in [5.41, 5.74) is 6.55. The number of rotatable bonds is 2. The molecule has 0 saturated carbocycles. The van der Waals surface area contributed by atoms with E-state index in [9.17, 15) is 9.18 Å². The molecule has 1 amide bonds. The van der Waals surface area contributed by atoms with Crippen LogP contribution in [0.4, 0.5) is 4.39 Å². The van der Waals surface area contributed by atoms with E-state index in [0.717, 1.165) is 12.8 Å². The maximum absolute atomic E-state index is 14.2. The number of halogens is 1. The van der Waals surface area contributed by atoms with Crippen LogP contribution in [0.1, 0.15) is 23.2 Å². The minimum Gasteiger partial charge on any atom is -0.337 e. The molecule has 0 spiro atoms. The second-order valence-electron chi connectivity index (χ2n) is 5.27. The van der Waals surface area contributed by atoms with Gasteiger partial charge in [0, 0.05) is 37.1 Å². The third-order valence-corrected chi connectivity index (χ3v) is 3.69. The van der Waals surface area contributed by atoms with Crippen LogP contribution in [0.2, 0.25) is 0 Å². The Morgan fingerprint density at radius 3 is 2.95 bits per heavy atom. The van der Waals surface area contributed by atoms with Crippen molar-refractivity contribution >= 4 is 5.91 Å². The Labute approximate surface area is 122 Å². The number of carbonyl (C=O) groups is 1. The number of benzene rings is 1. The van der Waals surface area contributed by atoms with Gasteiger partial charge in [-0.25, -0.2) is 9.07 Å². The molecular weight excluding hydrogens is 271 g/mol. The molecule has 0 bridgehead atoms. The summed E-state index contributed by atoms with van der Waals surface area (Å²) in [4.78, 5) is 14.1. The monoisotopic (exact) mass is 288 g/mol. The van der Waals surface area contributed by atoms with Gasteiger partial charge < -0.3 is 10.6 Å². The highest BCUT2D eigenvalue weighted by Gasteiger charge is 2.23. The minimum atomic E-state index is -0.467. The van der Waals surface area contributed by atoms with Gasteiger partial charge in [0.2, 0.25) is 0 Å². The Morgan fingerprint density at radius 2 is 2.29 bits per heavy atom. The van der Waals surface area contributed by atoms with Gasteiger partial charge in [-0.15, -0.1) is 0 Å². The summed E-state index contributed by atoms with van der Waals surface area (Å²) in [7, 11) is 0. The molecule has 1 fully saturated rings. The topological polar surface area (TPSA) is 64.2 Å². The molecule has 1 aromatic carbocycles. The first-order valence-electron chi connectivity index (χ1n) is 6.99. The van der Waals surface area contributed by atoms with Gasteiger partial charge in [-0.3, -0.25) is 4.79 Å². The van der Waals surface area contributed by atoms with Crippen molar-refractivity contribution in [2.75, 3.05) is 13.1 Å². The number of amides is 1. The molecular formula is C15H17FN4O. The van der Waals surface area contributed by atoms with Crippen molar-refractivity contribution < 1.29 is 9.18 Å². The van der Waals surface area contributed by atoms with Gasteiger partial charge in [-0.05, 0) is 37.1 Å². The summed E-state index contributed by atoms with van der Waals surface area (Å²) in [5.74, 6) is -0.637. The molecule has 1 aromatic heterocycles. The fourth-order valence-electron chi connectivity index (χ4n) is 2.61. The molecule has 1 aliphatic heterocycles. The maximum atomic E-state index is 14.2. The van der Waals surface area contributed by atoms with Gasteiger partial charge in [-0.1, -0.05) is 0 Å². The molecule has 2 aromatic rings. The lowest BCUT2D eigenvalue weighted by Gasteiger charge is -2.30. The average molecular weight is 288 g/mol. The van der Waals surface area contributed by atoms with E-state index in [2.05, 4.69) is 5.10 Å². The molecule has 1 aliphatic rings. The van der Waals surface area contributed by atoms with Crippen molar-refractivity contribution in [2.45, 2.75) is 18.9 Å². The first-order chi connectivity index (χ1) is 10.1. The van der Waals surface area contributed by atoms with Gasteiger partial charge in [0.05, 0.1) is 0 Å². The molecule has 1 saturated heterocycles. The third-order valence-electron chi connectivity index (χ3n) is 3.69. The summed E-state index contributed by atoms with van der Waals surface area (Å²) in [5, 5.41) is 3.99. The molecule has 6 heteroatoms. The van der Waals surface area contributed by atoms with Crippen molar-refractivity contribution in [3.05, 3.63) is 48.0 Å². The zero-order chi connectivity index (χ0) is 14.8. The van der Waals surface area contributed by atoms with E-state index < -0.39 is 5.82 Å². The molecule has 0 aliphatic carbocycles. The van der Waals surface area contributed by atoms with Crippen LogP contribution < -0.4 is 5.73 Å². The summed E-state index contributed by atoms with van der Waals surface area (Å²) >= 11 is 0. The van der Waals surface area contributed by atoms with Gasteiger partial charge in [0.25, 0.3) is 5.91 Å². The van der Waals surface area contributed by atoms with E-state index in [1.54, 1.807) is 35.5 Å². The average Bonchev–Trinajstić information content (AvgIpc) is 3.00. The maximum Gasteiger partial charge on any atom is 0.254 e. The van der Waals surface area contributed by atoms with Crippen molar-refractivity contribution in [1.82, 2.24) is 14.7 Å². The number of hydrogen-bond donors (Lipinski definition) is 1. The first-order valence-corrected chi connectivity index (χ1v) is 6.99. The van der Waals surface area contributed by atoms with Crippen LogP contribution in [0.15, 0.2) is 36.7 Å². The smallest absolute Gasteiger partial charge is 0.254 e. The molecule has 1 atom stereocenters. The minimum absolute atomic E-state index is 0.0101. The molecule has 5 nitrogen and oxygen atoms in total. The van der Waals surface area contributed by atoms with Crippen molar-refractivity contribution in [3.63, 3.8) is 0 Å². The lowest BCUT2D eigenvalue weighted by atomic mass is 10.1. The summed E-state index contributed by atoms with van der Waals surface area (Å²) in [6.45, 7) is 1.20. The van der Waals surface area contributed by atoms with Crippen LogP contribution in [0, 0.1) is 5.82 Å². The van der Waals surface area contributed by atoms with Crippen molar-refractivity contribution in [2.24, 2.45) is 5.73 Å². The molecule has 21 heavy (non-hydrogen) atoms. The Kier molecular flexibility index (Phi) is 3.70. The SMILES string of the molecule is NC1CCCN(C(=O)c2ccc(-n3cccn3)c(F)c2)C1. The van der Waals surface area contributed by atoms with Crippen molar-refractivity contribution in [1.29, 1.82) is 0 Å². The van der Waals surface area contributed by atoms with E-state index in [1.165, 1.54) is 10.7 Å². The standard InChI is InChI=1S/C15H17FN4O/c16-13-9-11(4-5-14(13)20-8-2-6-18-20)15(21)19-7-1-3-12(17)10-19/h2,4-6,8-9,12H,1,3,7,10,17H2. The molecule has 1 unspecified atom stereocenters. The number of nitrogens with two attached hydrogens (primary N) is 1. The Bertz CT molecular complexity index is 641. The van der Waals surface area contributed by atoms with Gasteiger partial charge in [0.1, 0.15) is 11.5 Å². The number of aromatic nitrogens is 2.